The molecule has 0 spiro atoms. The summed E-state index contributed by atoms with van der Waals surface area (Å²) in [6, 6.07) is 10.7. The molecule has 8 nitrogen and oxygen atoms in total. The maximum absolute atomic E-state index is 12.7. The lowest BCUT2D eigenvalue weighted by molar-refractivity contribution is -0.123. The first kappa shape index (κ1) is 26.6. The second-order valence-electron chi connectivity index (χ2n) is 7.65. The zero-order chi connectivity index (χ0) is 25.4. The number of thioether (sulfide) groups is 1. The third kappa shape index (κ3) is 7.24. The summed E-state index contributed by atoms with van der Waals surface area (Å²) in [5.74, 6) is -0.164. The number of imide groups is 1. The summed E-state index contributed by atoms with van der Waals surface area (Å²) >= 11 is 7.32. The van der Waals surface area contributed by atoms with Gasteiger partial charge in [0.05, 0.1) is 16.5 Å². The van der Waals surface area contributed by atoms with Crippen molar-refractivity contribution in [1.29, 1.82) is 0 Å². The molecule has 186 valence electrons. The third-order valence-corrected chi connectivity index (χ3v) is 6.10. The predicted molar refractivity (Wildman–Crippen MR) is 137 cm³/mol. The molecule has 1 aliphatic heterocycles. The normalized spacial score (nSPS) is 14.5. The molecule has 0 aliphatic carbocycles. The molecular weight excluding hydrogens is 492 g/mol. The number of hydrogen-bond donors (Lipinski definition) is 1. The summed E-state index contributed by atoms with van der Waals surface area (Å²) in [5.41, 5.74) is 2.31. The van der Waals surface area contributed by atoms with Crippen LogP contribution >= 0.6 is 23.4 Å². The number of carbonyl (C=O) groups is 3. The second kappa shape index (κ2) is 12.6. The molecule has 1 saturated heterocycles. The van der Waals surface area contributed by atoms with Gasteiger partial charge in [0.15, 0.2) is 18.1 Å². The minimum absolute atomic E-state index is 0.213. The van der Waals surface area contributed by atoms with Crippen molar-refractivity contribution in [2.24, 2.45) is 0 Å². The van der Waals surface area contributed by atoms with Crippen LogP contribution < -0.4 is 14.8 Å². The predicted octanol–water partition coefficient (Wildman–Crippen LogP) is 5.14. The van der Waals surface area contributed by atoms with E-state index >= 15 is 0 Å². The van der Waals surface area contributed by atoms with E-state index in [1.807, 2.05) is 19.1 Å². The quantitative estimate of drug-likeness (QED) is 0.325. The Morgan fingerprint density at radius 1 is 1.17 bits per heavy atom. The highest BCUT2D eigenvalue weighted by Crippen LogP contribution is 2.39. The molecule has 0 saturated carbocycles. The van der Waals surface area contributed by atoms with Crippen molar-refractivity contribution in [1.82, 2.24) is 4.90 Å². The van der Waals surface area contributed by atoms with Crippen molar-refractivity contribution in [3.05, 3.63) is 57.5 Å². The molecule has 0 atom stereocenters. The summed E-state index contributed by atoms with van der Waals surface area (Å²) in [6.45, 7) is 4.58. The van der Waals surface area contributed by atoms with Crippen LogP contribution in [0, 0.1) is 6.92 Å². The second-order valence-corrected chi connectivity index (χ2v) is 9.05. The summed E-state index contributed by atoms with van der Waals surface area (Å²) < 4.78 is 16.3. The molecule has 1 aliphatic rings. The van der Waals surface area contributed by atoms with E-state index in [1.165, 1.54) is 4.90 Å². The van der Waals surface area contributed by atoms with Gasteiger partial charge in [-0.05, 0) is 67.9 Å². The van der Waals surface area contributed by atoms with E-state index in [9.17, 15) is 14.4 Å². The average molecular weight is 519 g/mol. The van der Waals surface area contributed by atoms with E-state index in [4.69, 9.17) is 25.8 Å². The Morgan fingerprint density at radius 3 is 2.60 bits per heavy atom. The molecule has 35 heavy (non-hydrogen) atoms. The number of halogens is 1. The van der Waals surface area contributed by atoms with Crippen LogP contribution in [-0.4, -0.2) is 55.4 Å². The highest BCUT2D eigenvalue weighted by Gasteiger charge is 2.34. The number of rotatable bonds is 11. The van der Waals surface area contributed by atoms with E-state index in [1.54, 1.807) is 44.4 Å². The fraction of sp³-hybridized carbons (Fsp3) is 0.320. The summed E-state index contributed by atoms with van der Waals surface area (Å²) in [5, 5.41) is 2.65. The van der Waals surface area contributed by atoms with Crippen molar-refractivity contribution in [3.8, 4) is 11.5 Å². The van der Waals surface area contributed by atoms with Crippen molar-refractivity contribution in [2.75, 3.05) is 38.8 Å². The van der Waals surface area contributed by atoms with E-state index < -0.39 is 0 Å². The number of amides is 3. The number of methoxy groups -OCH3 is 1. The Balaban J connectivity index is 1.72. The van der Waals surface area contributed by atoms with Crippen molar-refractivity contribution < 1.29 is 28.6 Å². The van der Waals surface area contributed by atoms with Gasteiger partial charge in [-0.15, -0.1) is 0 Å². The van der Waals surface area contributed by atoms with Gasteiger partial charge < -0.3 is 19.5 Å². The molecule has 3 rings (SSSR count). The van der Waals surface area contributed by atoms with Gasteiger partial charge in [0.2, 0.25) is 0 Å². The van der Waals surface area contributed by atoms with Crippen LogP contribution in [0.3, 0.4) is 0 Å². The number of anilines is 1. The van der Waals surface area contributed by atoms with Gasteiger partial charge in [-0.2, -0.15) is 0 Å². The maximum Gasteiger partial charge on any atom is 0.293 e. The van der Waals surface area contributed by atoms with Crippen molar-refractivity contribution >= 4 is 52.2 Å². The standard InChI is InChI=1S/C25H27ClN2O6S/c1-4-33-20-13-17(14-21-24(30)28(25(31)35-21)10-5-11-32-3)12-19(26)23(20)34-15-22(29)27-18-8-6-16(2)7-9-18/h6-9,12-14H,4-5,10-11,15H2,1-3H3,(H,27,29)/b21-14+. The van der Waals surface area contributed by atoms with E-state index in [0.717, 1.165) is 17.3 Å². The highest BCUT2D eigenvalue weighted by molar-refractivity contribution is 8.18. The topological polar surface area (TPSA) is 94.2 Å². The van der Waals surface area contributed by atoms with Gasteiger partial charge in [0.1, 0.15) is 0 Å². The van der Waals surface area contributed by atoms with Crippen LogP contribution in [0.4, 0.5) is 10.5 Å². The largest absolute Gasteiger partial charge is 0.490 e. The van der Waals surface area contributed by atoms with Crippen LogP contribution in [0.25, 0.3) is 6.08 Å². The average Bonchev–Trinajstić information content (AvgIpc) is 3.07. The first-order valence-electron chi connectivity index (χ1n) is 11.0. The first-order chi connectivity index (χ1) is 16.8. The summed E-state index contributed by atoms with van der Waals surface area (Å²) in [6.07, 6.45) is 2.15. The van der Waals surface area contributed by atoms with Gasteiger partial charge in [-0.25, -0.2) is 0 Å². The lowest BCUT2D eigenvalue weighted by Gasteiger charge is -2.15. The number of ether oxygens (including phenoxy) is 3. The number of aryl methyl sites for hydroxylation is 1. The summed E-state index contributed by atoms with van der Waals surface area (Å²) in [7, 11) is 1.57. The van der Waals surface area contributed by atoms with Gasteiger partial charge in [-0.1, -0.05) is 29.3 Å². The molecule has 2 aromatic rings. The molecular formula is C25H27ClN2O6S. The lowest BCUT2D eigenvalue weighted by Crippen LogP contribution is -2.29. The van der Waals surface area contributed by atoms with Gasteiger partial charge >= 0.3 is 0 Å². The fourth-order valence-corrected chi connectivity index (χ4v) is 4.40. The molecule has 0 unspecified atom stereocenters. The number of hydrogen-bond acceptors (Lipinski definition) is 7. The van der Waals surface area contributed by atoms with Crippen LogP contribution in [0.15, 0.2) is 41.3 Å². The smallest absolute Gasteiger partial charge is 0.293 e. The molecule has 1 N–H and O–H groups in total. The minimum atomic E-state index is -0.363. The monoisotopic (exact) mass is 518 g/mol. The number of nitrogens with zero attached hydrogens (tertiary/aromatic N) is 1. The van der Waals surface area contributed by atoms with Crippen LogP contribution in [0.1, 0.15) is 24.5 Å². The Hall–Kier alpha value is -3.01. The Morgan fingerprint density at radius 2 is 1.91 bits per heavy atom. The fourth-order valence-electron chi connectivity index (χ4n) is 3.26. The van der Waals surface area contributed by atoms with Crippen molar-refractivity contribution in [3.63, 3.8) is 0 Å². The zero-order valence-electron chi connectivity index (χ0n) is 19.8. The van der Waals surface area contributed by atoms with Gasteiger partial charge in [0.25, 0.3) is 17.1 Å². The van der Waals surface area contributed by atoms with E-state index in [0.29, 0.717) is 36.6 Å². The number of benzene rings is 2. The Kier molecular flexibility index (Phi) is 9.59. The molecule has 3 amide bonds. The third-order valence-electron chi connectivity index (χ3n) is 4.92. The Bertz CT molecular complexity index is 1120. The van der Waals surface area contributed by atoms with Crippen LogP contribution in [0.5, 0.6) is 11.5 Å². The maximum atomic E-state index is 12.7. The SMILES string of the molecule is CCOc1cc(/C=C2/SC(=O)N(CCCOC)C2=O)cc(Cl)c1OCC(=O)Nc1ccc(C)cc1. The molecule has 10 heteroatoms. The minimum Gasteiger partial charge on any atom is -0.490 e. The summed E-state index contributed by atoms with van der Waals surface area (Å²) in [4.78, 5) is 38.7. The van der Waals surface area contributed by atoms with E-state index in [-0.39, 0.29) is 45.9 Å². The van der Waals surface area contributed by atoms with Gasteiger partial charge in [-0.3, -0.25) is 19.3 Å². The van der Waals surface area contributed by atoms with Crippen molar-refractivity contribution in [2.45, 2.75) is 20.3 Å². The van der Waals surface area contributed by atoms with Crippen LogP contribution in [0.2, 0.25) is 5.02 Å². The van der Waals surface area contributed by atoms with Crippen LogP contribution in [-0.2, 0) is 14.3 Å². The van der Waals surface area contributed by atoms with E-state index in [2.05, 4.69) is 5.32 Å². The van der Waals surface area contributed by atoms with Gasteiger partial charge in [0, 0.05) is 25.9 Å². The molecule has 2 aromatic carbocycles. The molecule has 1 fully saturated rings. The number of nitrogens with one attached hydrogen (secondary N) is 1. The molecule has 1 heterocycles. The Labute approximate surface area is 213 Å². The zero-order valence-corrected chi connectivity index (χ0v) is 21.3. The lowest BCUT2D eigenvalue weighted by atomic mass is 10.1. The highest BCUT2D eigenvalue weighted by atomic mass is 35.5. The first-order valence-corrected chi connectivity index (χ1v) is 12.2. The molecule has 0 radical (unpaired) electrons. The molecule has 0 aromatic heterocycles. The number of carbonyl (C=O) groups excluding carboxylic acids is 3. The molecule has 0 bridgehead atoms.